The van der Waals surface area contributed by atoms with E-state index in [1.807, 2.05) is 18.7 Å². The molecule has 114 valence electrons. The first-order valence-electron chi connectivity index (χ1n) is 7.39. The van der Waals surface area contributed by atoms with Gasteiger partial charge in [-0.2, -0.15) is 5.10 Å². The minimum atomic E-state index is 0.0698. The summed E-state index contributed by atoms with van der Waals surface area (Å²) in [5.74, 6) is 0.954. The van der Waals surface area contributed by atoms with Gasteiger partial charge < -0.3 is 10.1 Å². The molecule has 1 aromatic heterocycles. The summed E-state index contributed by atoms with van der Waals surface area (Å²) in [5.41, 5.74) is 5.78. The van der Waals surface area contributed by atoms with E-state index < -0.39 is 0 Å². The lowest BCUT2D eigenvalue weighted by Gasteiger charge is -2.22. The summed E-state index contributed by atoms with van der Waals surface area (Å²) in [6, 6.07) is 6.50. The predicted molar refractivity (Wildman–Crippen MR) is 86.0 cm³/mol. The predicted octanol–water partition coefficient (Wildman–Crippen LogP) is 3.15. The van der Waals surface area contributed by atoms with E-state index in [1.54, 1.807) is 7.11 Å². The molecule has 0 aliphatic heterocycles. The van der Waals surface area contributed by atoms with Crippen LogP contribution in [0.3, 0.4) is 0 Å². The van der Waals surface area contributed by atoms with E-state index in [0.717, 1.165) is 23.6 Å². The summed E-state index contributed by atoms with van der Waals surface area (Å²) in [6.45, 7) is 9.21. The van der Waals surface area contributed by atoms with Crippen LogP contribution in [0.1, 0.15) is 41.0 Å². The lowest BCUT2D eigenvalue weighted by atomic mass is 9.97. The van der Waals surface area contributed by atoms with E-state index >= 15 is 0 Å². The normalized spacial score (nSPS) is 12.5. The minimum Gasteiger partial charge on any atom is -0.496 e. The first kappa shape index (κ1) is 15.6. The van der Waals surface area contributed by atoms with Crippen molar-refractivity contribution < 1.29 is 4.74 Å². The third-order valence-corrected chi connectivity index (χ3v) is 4.04. The van der Waals surface area contributed by atoms with Gasteiger partial charge in [0.15, 0.2) is 0 Å². The molecule has 0 saturated carbocycles. The molecule has 0 radical (unpaired) electrons. The monoisotopic (exact) mass is 287 g/mol. The van der Waals surface area contributed by atoms with Crippen LogP contribution >= 0.6 is 0 Å². The number of nitrogens with zero attached hydrogens (tertiary/aromatic N) is 2. The number of methoxy groups -OCH3 is 1. The molecule has 1 heterocycles. The lowest BCUT2D eigenvalue weighted by molar-refractivity contribution is 0.400. The lowest BCUT2D eigenvalue weighted by Crippen LogP contribution is -2.22. The van der Waals surface area contributed by atoms with Gasteiger partial charge in [-0.05, 0) is 51.9 Å². The van der Waals surface area contributed by atoms with Gasteiger partial charge in [-0.1, -0.05) is 12.1 Å². The van der Waals surface area contributed by atoms with E-state index in [2.05, 4.69) is 49.4 Å². The SMILES string of the molecule is CCn1nc(C)cc1C(NC)c1ccc(C)c(C)c1OC. The largest absolute Gasteiger partial charge is 0.496 e. The Morgan fingerprint density at radius 1 is 1.29 bits per heavy atom. The summed E-state index contributed by atoms with van der Waals surface area (Å²) in [5, 5.41) is 7.96. The van der Waals surface area contributed by atoms with Crippen LogP contribution in [-0.2, 0) is 6.54 Å². The maximum atomic E-state index is 5.67. The summed E-state index contributed by atoms with van der Waals surface area (Å²) >= 11 is 0. The molecule has 0 aliphatic carbocycles. The maximum absolute atomic E-state index is 5.67. The van der Waals surface area contributed by atoms with E-state index in [1.165, 1.54) is 16.8 Å². The number of aryl methyl sites for hydroxylation is 3. The molecule has 0 saturated heterocycles. The number of hydrogen-bond donors (Lipinski definition) is 1. The van der Waals surface area contributed by atoms with Crippen molar-refractivity contribution >= 4 is 0 Å². The Morgan fingerprint density at radius 3 is 2.57 bits per heavy atom. The van der Waals surface area contributed by atoms with Crippen molar-refractivity contribution in [1.82, 2.24) is 15.1 Å². The number of nitrogens with one attached hydrogen (secondary N) is 1. The Bertz CT molecular complexity index is 631. The fraction of sp³-hybridized carbons (Fsp3) is 0.471. The van der Waals surface area contributed by atoms with Crippen molar-refractivity contribution in [2.24, 2.45) is 0 Å². The first-order chi connectivity index (χ1) is 10.0. The van der Waals surface area contributed by atoms with Crippen LogP contribution in [0.2, 0.25) is 0 Å². The second-order valence-corrected chi connectivity index (χ2v) is 5.38. The van der Waals surface area contributed by atoms with Gasteiger partial charge in [-0.25, -0.2) is 0 Å². The topological polar surface area (TPSA) is 39.1 Å². The zero-order chi connectivity index (χ0) is 15.6. The molecule has 0 spiro atoms. The first-order valence-corrected chi connectivity index (χ1v) is 7.39. The second kappa shape index (κ2) is 6.31. The van der Waals surface area contributed by atoms with Crippen LogP contribution in [0.4, 0.5) is 0 Å². The van der Waals surface area contributed by atoms with Crippen molar-refractivity contribution in [3.05, 3.63) is 46.3 Å². The zero-order valence-electron chi connectivity index (χ0n) is 13.8. The number of aromatic nitrogens is 2. The zero-order valence-corrected chi connectivity index (χ0v) is 13.8. The van der Waals surface area contributed by atoms with Crippen LogP contribution in [0.25, 0.3) is 0 Å². The summed E-state index contributed by atoms with van der Waals surface area (Å²) < 4.78 is 7.72. The van der Waals surface area contributed by atoms with Gasteiger partial charge in [0.2, 0.25) is 0 Å². The highest BCUT2D eigenvalue weighted by molar-refractivity contribution is 5.49. The summed E-state index contributed by atoms with van der Waals surface area (Å²) in [6.07, 6.45) is 0. The van der Waals surface area contributed by atoms with Crippen molar-refractivity contribution in [3.63, 3.8) is 0 Å². The molecule has 1 aromatic carbocycles. The molecule has 4 nitrogen and oxygen atoms in total. The third kappa shape index (κ3) is 2.81. The van der Waals surface area contributed by atoms with Gasteiger partial charge >= 0.3 is 0 Å². The third-order valence-electron chi connectivity index (χ3n) is 4.04. The second-order valence-electron chi connectivity index (χ2n) is 5.38. The number of hydrogen-bond acceptors (Lipinski definition) is 3. The fourth-order valence-electron chi connectivity index (χ4n) is 2.82. The van der Waals surface area contributed by atoms with E-state index in [0.29, 0.717) is 0 Å². The number of benzene rings is 1. The van der Waals surface area contributed by atoms with Crippen LogP contribution in [0, 0.1) is 20.8 Å². The molecular formula is C17H25N3O. The minimum absolute atomic E-state index is 0.0698. The molecule has 2 rings (SSSR count). The van der Waals surface area contributed by atoms with E-state index in [4.69, 9.17) is 4.74 Å². The highest BCUT2D eigenvalue weighted by atomic mass is 16.5. The van der Waals surface area contributed by atoms with Gasteiger partial charge in [0.25, 0.3) is 0 Å². The summed E-state index contributed by atoms with van der Waals surface area (Å²) in [4.78, 5) is 0. The smallest absolute Gasteiger partial charge is 0.127 e. The van der Waals surface area contributed by atoms with Crippen molar-refractivity contribution in [1.29, 1.82) is 0 Å². The highest BCUT2D eigenvalue weighted by Crippen LogP contribution is 2.34. The molecule has 0 bridgehead atoms. The highest BCUT2D eigenvalue weighted by Gasteiger charge is 2.22. The molecule has 2 aromatic rings. The molecule has 4 heteroatoms. The van der Waals surface area contributed by atoms with Crippen molar-refractivity contribution in [2.75, 3.05) is 14.2 Å². The van der Waals surface area contributed by atoms with Crippen LogP contribution in [-0.4, -0.2) is 23.9 Å². The Labute approximate surface area is 127 Å². The molecule has 0 amide bonds. The average Bonchev–Trinajstić information content (AvgIpc) is 2.84. The van der Waals surface area contributed by atoms with E-state index in [9.17, 15) is 0 Å². The van der Waals surface area contributed by atoms with Gasteiger partial charge in [0, 0.05) is 12.1 Å². The van der Waals surface area contributed by atoms with Crippen molar-refractivity contribution in [2.45, 2.75) is 40.3 Å². The van der Waals surface area contributed by atoms with Crippen LogP contribution in [0.15, 0.2) is 18.2 Å². The quantitative estimate of drug-likeness (QED) is 0.918. The Balaban J connectivity index is 2.59. The Morgan fingerprint density at radius 2 is 2.00 bits per heavy atom. The van der Waals surface area contributed by atoms with Gasteiger partial charge in [0.1, 0.15) is 5.75 Å². The molecule has 1 N–H and O–H groups in total. The van der Waals surface area contributed by atoms with Crippen LogP contribution in [0.5, 0.6) is 5.75 Å². The molecule has 0 fully saturated rings. The Hall–Kier alpha value is -1.81. The maximum Gasteiger partial charge on any atom is 0.127 e. The van der Waals surface area contributed by atoms with Crippen molar-refractivity contribution in [3.8, 4) is 5.75 Å². The van der Waals surface area contributed by atoms with Gasteiger partial charge in [-0.15, -0.1) is 0 Å². The molecular weight excluding hydrogens is 262 g/mol. The van der Waals surface area contributed by atoms with E-state index in [-0.39, 0.29) is 6.04 Å². The fourth-order valence-corrected chi connectivity index (χ4v) is 2.82. The number of ether oxygens (including phenoxy) is 1. The van der Waals surface area contributed by atoms with Crippen LogP contribution < -0.4 is 10.1 Å². The molecule has 1 atom stereocenters. The van der Waals surface area contributed by atoms with Gasteiger partial charge in [-0.3, -0.25) is 4.68 Å². The molecule has 21 heavy (non-hydrogen) atoms. The standard InChI is InChI=1S/C17H25N3O/c1-7-20-15(10-12(3)19-20)16(18-5)14-9-8-11(2)13(4)17(14)21-6/h8-10,16,18H,7H2,1-6H3. The number of rotatable bonds is 5. The summed E-state index contributed by atoms with van der Waals surface area (Å²) in [7, 11) is 3.71. The van der Waals surface area contributed by atoms with Gasteiger partial charge in [0.05, 0.1) is 24.5 Å². The average molecular weight is 287 g/mol. The Kier molecular flexibility index (Phi) is 4.68. The molecule has 0 aliphatic rings. The molecule has 1 unspecified atom stereocenters.